The molecule has 2 aliphatic carbocycles. The molecule has 14 aromatic carbocycles. The quantitative estimate of drug-likeness (QED) is 0.155. The average molecular weight is 1040 g/mol. The first-order valence-electron chi connectivity index (χ1n) is 28.4. The molecule has 0 radical (unpaired) electrons. The van der Waals surface area contributed by atoms with E-state index in [1.807, 2.05) is 0 Å². The van der Waals surface area contributed by atoms with Gasteiger partial charge >= 0.3 is 0 Å². The fourth-order valence-electron chi connectivity index (χ4n) is 14.5. The third-order valence-electron chi connectivity index (χ3n) is 18.5. The van der Waals surface area contributed by atoms with Crippen molar-refractivity contribution in [1.29, 1.82) is 0 Å². The number of benzene rings is 14. The second-order valence-corrected chi connectivity index (χ2v) is 23.6. The van der Waals surface area contributed by atoms with E-state index >= 15 is 0 Å². The van der Waals surface area contributed by atoms with Crippen molar-refractivity contribution in [2.75, 3.05) is 9.80 Å². The van der Waals surface area contributed by atoms with Crippen LogP contribution in [0.5, 0.6) is 0 Å². The summed E-state index contributed by atoms with van der Waals surface area (Å²) in [5.41, 5.74) is 18.6. The van der Waals surface area contributed by atoms with Gasteiger partial charge in [-0.05, 0) is 183 Å². The maximum atomic E-state index is 7.32. The van der Waals surface area contributed by atoms with E-state index in [4.69, 9.17) is 4.42 Å². The lowest BCUT2D eigenvalue weighted by atomic mass is 9.82. The molecule has 1 heterocycles. The number of fused-ring (bicyclic) bond motifs is 20. The summed E-state index contributed by atoms with van der Waals surface area (Å²) in [5, 5.41) is 16.7. The fraction of sp³-hybridized carbons (Fsp3) is 0.0769. The van der Waals surface area contributed by atoms with Crippen LogP contribution < -0.4 is 9.80 Å². The third-order valence-corrected chi connectivity index (χ3v) is 18.5. The first-order valence-corrected chi connectivity index (χ1v) is 28.4. The summed E-state index contributed by atoms with van der Waals surface area (Å²) < 4.78 is 7.32. The molecule has 382 valence electrons. The van der Waals surface area contributed by atoms with Crippen molar-refractivity contribution in [3.63, 3.8) is 0 Å². The van der Waals surface area contributed by atoms with Gasteiger partial charge in [0.2, 0.25) is 0 Å². The summed E-state index contributed by atoms with van der Waals surface area (Å²) in [6.07, 6.45) is 0. The molecule has 17 rings (SSSR count). The minimum atomic E-state index is -0.160. The van der Waals surface area contributed by atoms with E-state index in [-0.39, 0.29) is 10.8 Å². The zero-order valence-corrected chi connectivity index (χ0v) is 45.6. The van der Waals surface area contributed by atoms with Gasteiger partial charge in [-0.3, -0.25) is 0 Å². The Morgan fingerprint density at radius 2 is 0.642 bits per heavy atom. The van der Waals surface area contributed by atoms with E-state index < -0.39 is 0 Å². The molecule has 0 unspecified atom stereocenters. The van der Waals surface area contributed by atoms with Crippen LogP contribution in [0.4, 0.5) is 34.1 Å². The highest BCUT2D eigenvalue weighted by Gasteiger charge is 2.37. The van der Waals surface area contributed by atoms with Crippen molar-refractivity contribution in [2.24, 2.45) is 0 Å². The van der Waals surface area contributed by atoms with Crippen LogP contribution in [0, 0.1) is 0 Å². The molecule has 0 spiro atoms. The highest BCUT2D eigenvalue weighted by molar-refractivity contribution is 6.31. The van der Waals surface area contributed by atoms with Crippen molar-refractivity contribution >= 4 is 121 Å². The summed E-state index contributed by atoms with van der Waals surface area (Å²) in [5.74, 6) is 0. The molecule has 0 aliphatic heterocycles. The lowest BCUT2D eigenvalue weighted by molar-refractivity contribution is 0.660. The van der Waals surface area contributed by atoms with E-state index in [0.29, 0.717) is 0 Å². The highest BCUT2D eigenvalue weighted by atomic mass is 16.3. The molecule has 81 heavy (non-hydrogen) atoms. The maximum absolute atomic E-state index is 7.32. The molecule has 0 saturated heterocycles. The predicted molar refractivity (Wildman–Crippen MR) is 343 cm³/mol. The SMILES string of the molecule is CC1(C)c2ccccc2-c2ccc(N(c3ccc4c(ccc5ccccc54)c3)c3ccc4c(c3)oc3c5ccc(N(c6ccc7c(c6)C(C)(C)c6ccccc6-7)c6ccc7c(ccc8ccccc87)c6)cc5c5ccccc5c43)cc21. The number of rotatable bonds is 6. The Hall–Kier alpha value is -9.96. The summed E-state index contributed by atoms with van der Waals surface area (Å²) >= 11 is 0. The molecule has 0 bridgehead atoms. The van der Waals surface area contributed by atoms with Crippen molar-refractivity contribution in [2.45, 2.75) is 38.5 Å². The van der Waals surface area contributed by atoms with Gasteiger partial charge < -0.3 is 14.2 Å². The Balaban J connectivity index is 0.851. The van der Waals surface area contributed by atoms with Gasteiger partial charge in [-0.25, -0.2) is 0 Å². The monoisotopic (exact) mass is 1030 g/mol. The Labute approximate surface area is 470 Å². The number of hydrogen-bond acceptors (Lipinski definition) is 3. The van der Waals surface area contributed by atoms with Crippen LogP contribution in [0.15, 0.2) is 259 Å². The first kappa shape index (κ1) is 46.0. The standard InChI is InChI=1S/C78H54N2O/c1-77(2)70-23-13-11-20-62(70)64-37-31-54(44-72(64)77)79(51-29-35-59-49(41-51)27-25-47-15-5-7-17-57(47)59)53-33-39-67-69(43-53)61-19-9-10-22-66(61)75-68-40-34-56(46-74(68)81-76(67)75)80(52-30-36-60-50(42-52)28-26-48-16-6-8-18-58(48)60)55-32-38-65-63-21-12-14-24-71(63)78(3,4)73(65)45-55/h5-46H,1-4H3. The highest BCUT2D eigenvalue weighted by Crippen LogP contribution is 2.54. The summed E-state index contributed by atoms with van der Waals surface area (Å²) in [7, 11) is 0. The smallest absolute Gasteiger partial charge is 0.143 e. The molecular weight excluding hydrogens is 981 g/mol. The maximum Gasteiger partial charge on any atom is 0.143 e. The van der Waals surface area contributed by atoms with Gasteiger partial charge in [0, 0.05) is 67.2 Å². The van der Waals surface area contributed by atoms with E-state index in [1.165, 1.54) is 98.4 Å². The van der Waals surface area contributed by atoms with Crippen molar-refractivity contribution in [3.05, 3.63) is 277 Å². The molecular formula is C78H54N2O. The Kier molecular flexibility index (Phi) is 9.53. The largest absolute Gasteiger partial charge is 0.455 e. The van der Waals surface area contributed by atoms with E-state index in [0.717, 1.165) is 66.8 Å². The molecule has 0 saturated carbocycles. The Morgan fingerprint density at radius 3 is 1.20 bits per heavy atom. The zero-order valence-electron chi connectivity index (χ0n) is 45.6. The van der Waals surface area contributed by atoms with E-state index in [2.05, 4.69) is 292 Å². The summed E-state index contributed by atoms with van der Waals surface area (Å²) in [4.78, 5) is 4.88. The minimum absolute atomic E-state index is 0.158. The molecule has 0 amide bonds. The molecule has 1 aromatic heterocycles. The van der Waals surface area contributed by atoms with Gasteiger partial charge in [0.05, 0.1) is 0 Å². The first-order chi connectivity index (χ1) is 39.7. The van der Waals surface area contributed by atoms with Gasteiger partial charge in [0.1, 0.15) is 11.2 Å². The van der Waals surface area contributed by atoms with Crippen molar-refractivity contribution < 1.29 is 4.42 Å². The molecule has 15 aromatic rings. The third kappa shape index (κ3) is 6.64. The number of furan rings is 1. The van der Waals surface area contributed by atoms with E-state index in [9.17, 15) is 0 Å². The van der Waals surface area contributed by atoms with Gasteiger partial charge in [0.25, 0.3) is 0 Å². The average Bonchev–Trinajstić information content (AvgIpc) is 4.19. The number of nitrogens with zero attached hydrogens (tertiary/aromatic N) is 2. The molecule has 0 atom stereocenters. The van der Waals surface area contributed by atoms with Crippen molar-refractivity contribution in [3.8, 4) is 22.3 Å². The number of hydrogen-bond donors (Lipinski definition) is 0. The predicted octanol–water partition coefficient (Wildman–Crippen LogP) is 22.1. The number of anilines is 6. The van der Waals surface area contributed by atoms with Crippen LogP contribution in [-0.2, 0) is 10.8 Å². The van der Waals surface area contributed by atoms with Crippen LogP contribution >= 0.6 is 0 Å². The fourth-order valence-corrected chi connectivity index (χ4v) is 14.5. The molecule has 2 aliphatic rings. The molecule has 0 fully saturated rings. The van der Waals surface area contributed by atoms with Crippen LogP contribution in [-0.4, -0.2) is 0 Å². The zero-order chi connectivity index (χ0) is 53.9. The second-order valence-electron chi connectivity index (χ2n) is 23.6. The van der Waals surface area contributed by atoms with Gasteiger partial charge in [-0.2, -0.15) is 0 Å². The Bertz CT molecular complexity index is 5210. The molecule has 3 nitrogen and oxygen atoms in total. The molecule has 0 N–H and O–H groups in total. The van der Waals surface area contributed by atoms with Gasteiger partial charge in [-0.1, -0.05) is 198 Å². The minimum Gasteiger partial charge on any atom is -0.455 e. The van der Waals surface area contributed by atoms with E-state index in [1.54, 1.807) is 0 Å². The van der Waals surface area contributed by atoms with Crippen LogP contribution in [0.1, 0.15) is 49.9 Å². The lowest BCUT2D eigenvalue weighted by Crippen LogP contribution is -2.16. The second kappa shape index (κ2) is 16.8. The lowest BCUT2D eigenvalue weighted by Gasteiger charge is -2.29. The van der Waals surface area contributed by atoms with Crippen LogP contribution in [0.3, 0.4) is 0 Å². The normalized spacial score (nSPS) is 13.9. The van der Waals surface area contributed by atoms with Crippen LogP contribution in [0.25, 0.3) is 109 Å². The topological polar surface area (TPSA) is 19.6 Å². The summed E-state index contributed by atoms with van der Waals surface area (Å²) in [6, 6.07) is 95.0. The van der Waals surface area contributed by atoms with Gasteiger partial charge in [0.15, 0.2) is 0 Å². The molecule has 3 heteroatoms. The Morgan fingerprint density at radius 1 is 0.259 bits per heavy atom. The summed E-state index contributed by atoms with van der Waals surface area (Å²) in [6.45, 7) is 9.46. The van der Waals surface area contributed by atoms with Crippen LogP contribution in [0.2, 0.25) is 0 Å². The van der Waals surface area contributed by atoms with Gasteiger partial charge in [-0.15, -0.1) is 0 Å². The van der Waals surface area contributed by atoms with Crippen molar-refractivity contribution in [1.82, 2.24) is 0 Å².